The molecule has 0 fully saturated rings. The number of para-hydroxylation sites is 1. The number of hydrazone groups is 1. The molecule has 6 nitrogen and oxygen atoms in total. The molecule has 0 atom stereocenters. The number of hydrogen-bond donors (Lipinski definition) is 2. The first-order valence-corrected chi connectivity index (χ1v) is 9.27. The van der Waals surface area contributed by atoms with Crippen LogP contribution in [0.25, 0.3) is 0 Å². The maximum absolute atomic E-state index is 12.9. The maximum atomic E-state index is 12.9. The summed E-state index contributed by atoms with van der Waals surface area (Å²) in [6.07, 6.45) is -3.08. The number of aromatic nitrogens is 1. The van der Waals surface area contributed by atoms with Gasteiger partial charge in [0.15, 0.2) is 0 Å². The minimum Gasteiger partial charge on any atom is -0.457 e. The number of nitrogens with zero attached hydrogens (tertiary/aromatic N) is 3. The molecular weight excluding hydrogens is 407 g/mol. The van der Waals surface area contributed by atoms with Crippen molar-refractivity contribution in [3.8, 4) is 11.5 Å². The van der Waals surface area contributed by atoms with Crippen molar-refractivity contribution in [3.63, 3.8) is 0 Å². The van der Waals surface area contributed by atoms with Crippen LogP contribution in [0, 0.1) is 6.92 Å². The summed E-state index contributed by atoms with van der Waals surface area (Å²) in [6, 6.07) is 18.9. The Labute approximate surface area is 177 Å². The smallest absolute Gasteiger partial charge is 0.433 e. The van der Waals surface area contributed by atoms with Gasteiger partial charge in [0.1, 0.15) is 17.2 Å². The topological polar surface area (TPSA) is 84.9 Å². The van der Waals surface area contributed by atoms with Crippen LogP contribution >= 0.6 is 0 Å². The van der Waals surface area contributed by atoms with Gasteiger partial charge < -0.3 is 15.9 Å². The highest BCUT2D eigenvalue weighted by molar-refractivity contribution is 6.32. The second kappa shape index (κ2) is 9.75. The lowest BCUT2D eigenvalue weighted by Crippen LogP contribution is -2.18. The third kappa shape index (κ3) is 6.56. The summed E-state index contributed by atoms with van der Waals surface area (Å²) < 4.78 is 44.4. The van der Waals surface area contributed by atoms with Crippen LogP contribution < -0.4 is 15.9 Å². The number of aryl methyl sites for hydroxylation is 1. The van der Waals surface area contributed by atoms with E-state index in [9.17, 15) is 13.2 Å². The highest BCUT2D eigenvalue weighted by Gasteiger charge is 2.32. The molecule has 0 bridgehead atoms. The number of alkyl halides is 3. The molecule has 1 aromatic heterocycles. The number of pyridine rings is 1. The normalized spacial score (nSPS) is 12.2. The molecule has 0 saturated carbocycles. The number of rotatable bonds is 7. The summed E-state index contributed by atoms with van der Waals surface area (Å²) in [5.74, 6) is 6.77. The van der Waals surface area contributed by atoms with E-state index in [2.05, 4.69) is 20.4 Å². The molecule has 0 amide bonds. The molecule has 3 rings (SSSR count). The zero-order valence-corrected chi connectivity index (χ0v) is 16.6. The van der Waals surface area contributed by atoms with Gasteiger partial charge in [-0.05, 0) is 55.5 Å². The molecule has 9 heteroatoms. The molecular formula is C22H20F3N5O. The predicted octanol–water partition coefficient (Wildman–Crippen LogP) is 5.33. The van der Waals surface area contributed by atoms with E-state index in [-0.39, 0.29) is 17.9 Å². The first kappa shape index (κ1) is 21.8. The van der Waals surface area contributed by atoms with Crippen molar-refractivity contribution in [3.05, 3.63) is 78.1 Å². The molecule has 2 aromatic carbocycles. The quantitative estimate of drug-likeness (QED) is 0.303. The van der Waals surface area contributed by atoms with E-state index in [1.807, 2.05) is 30.3 Å². The molecule has 0 saturated heterocycles. The number of hydrogen-bond acceptors (Lipinski definition) is 6. The van der Waals surface area contributed by atoms with Crippen LogP contribution in [0.5, 0.6) is 11.5 Å². The van der Waals surface area contributed by atoms with E-state index < -0.39 is 11.9 Å². The number of aliphatic imine (C=N–C) groups is 1. The number of ether oxygens (including phenoxy) is 1. The van der Waals surface area contributed by atoms with Crippen LogP contribution in [-0.4, -0.2) is 23.5 Å². The van der Waals surface area contributed by atoms with Gasteiger partial charge in [0.05, 0.1) is 24.2 Å². The van der Waals surface area contributed by atoms with Crippen LogP contribution in [0.15, 0.2) is 76.8 Å². The molecule has 0 radical (unpaired) electrons. The summed E-state index contributed by atoms with van der Waals surface area (Å²) in [4.78, 5) is 7.79. The van der Waals surface area contributed by atoms with Crippen LogP contribution in [0.1, 0.15) is 11.4 Å². The van der Waals surface area contributed by atoms with Gasteiger partial charge in [-0.1, -0.05) is 18.2 Å². The van der Waals surface area contributed by atoms with Gasteiger partial charge in [-0.3, -0.25) is 4.99 Å². The molecule has 3 aromatic rings. The predicted molar refractivity (Wildman–Crippen MR) is 115 cm³/mol. The summed E-state index contributed by atoms with van der Waals surface area (Å²) >= 11 is 0. The van der Waals surface area contributed by atoms with Crippen molar-refractivity contribution in [1.29, 1.82) is 0 Å². The average molecular weight is 427 g/mol. The summed E-state index contributed by atoms with van der Waals surface area (Å²) in [5, 5.41) is 6.49. The van der Waals surface area contributed by atoms with E-state index in [1.165, 1.54) is 19.2 Å². The summed E-state index contributed by atoms with van der Waals surface area (Å²) in [7, 11) is 0. The lowest BCUT2D eigenvalue weighted by Gasteiger charge is -2.11. The highest BCUT2D eigenvalue weighted by Crippen LogP contribution is 2.29. The van der Waals surface area contributed by atoms with Crippen LogP contribution in [0.3, 0.4) is 0 Å². The number of nitrogens with two attached hydrogens (primary N) is 1. The van der Waals surface area contributed by atoms with Gasteiger partial charge in [0.2, 0.25) is 0 Å². The van der Waals surface area contributed by atoms with Crippen molar-refractivity contribution >= 4 is 23.3 Å². The Balaban J connectivity index is 1.60. The second-order valence-electron chi connectivity index (χ2n) is 6.52. The van der Waals surface area contributed by atoms with Gasteiger partial charge in [-0.15, -0.1) is 0 Å². The fourth-order valence-corrected chi connectivity index (χ4v) is 2.61. The van der Waals surface area contributed by atoms with E-state index in [1.54, 1.807) is 24.3 Å². The van der Waals surface area contributed by atoms with Crippen LogP contribution in [0.4, 0.5) is 24.5 Å². The van der Waals surface area contributed by atoms with Gasteiger partial charge in [-0.2, -0.15) is 18.3 Å². The first-order chi connectivity index (χ1) is 14.8. The van der Waals surface area contributed by atoms with Gasteiger partial charge >= 0.3 is 6.18 Å². The Morgan fingerprint density at radius 2 is 1.74 bits per heavy atom. The van der Waals surface area contributed by atoms with Crippen molar-refractivity contribution in [2.45, 2.75) is 13.1 Å². The number of benzene rings is 2. The lowest BCUT2D eigenvalue weighted by atomic mass is 10.2. The molecule has 0 unspecified atom stereocenters. The molecule has 0 aliphatic rings. The molecule has 31 heavy (non-hydrogen) atoms. The third-order valence-electron chi connectivity index (χ3n) is 4.06. The fourth-order valence-electron chi connectivity index (χ4n) is 2.61. The Hall–Kier alpha value is -3.88. The Morgan fingerprint density at radius 1 is 1.06 bits per heavy atom. The van der Waals surface area contributed by atoms with Crippen molar-refractivity contribution in [2.75, 3.05) is 11.9 Å². The molecule has 3 N–H and O–H groups in total. The Morgan fingerprint density at radius 3 is 2.39 bits per heavy atom. The third-order valence-corrected chi connectivity index (χ3v) is 4.06. The van der Waals surface area contributed by atoms with E-state index in [0.29, 0.717) is 17.1 Å². The summed E-state index contributed by atoms with van der Waals surface area (Å²) in [5.41, 5.74) is 0.535. The Kier molecular flexibility index (Phi) is 6.86. The molecule has 160 valence electrons. The largest absolute Gasteiger partial charge is 0.457 e. The standard InChI is InChI=1S/C22H20F3N5O/c1-15-11-17(12-21(29-15)22(23,24)25)28-14-18(30-26)13-27-16-7-9-20(10-8-16)31-19-5-3-2-4-6-19/h2-13H,14,26H2,1H3,(H,28,29). The lowest BCUT2D eigenvalue weighted by molar-refractivity contribution is -0.141. The average Bonchev–Trinajstić information content (AvgIpc) is 2.75. The van der Waals surface area contributed by atoms with Crippen LogP contribution in [-0.2, 0) is 6.18 Å². The van der Waals surface area contributed by atoms with E-state index >= 15 is 0 Å². The molecule has 0 aliphatic carbocycles. The number of halogens is 3. The van der Waals surface area contributed by atoms with E-state index in [4.69, 9.17) is 10.6 Å². The van der Waals surface area contributed by atoms with E-state index in [0.717, 1.165) is 11.8 Å². The molecule has 1 heterocycles. The summed E-state index contributed by atoms with van der Waals surface area (Å²) in [6.45, 7) is 1.58. The fraction of sp³-hybridized carbons (Fsp3) is 0.136. The first-order valence-electron chi connectivity index (χ1n) is 9.27. The van der Waals surface area contributed by atoms with Gasteiger partial charge in [-0.25, -0.2) is 4.98 Å². The van der Waals surface area contributed by atoms with Gasteiger partial charge in [0, 0.05) is 11.4 Å². The zero-order chi connectivity index (χ0) is 22.3. The van der Waals surface area contributed by atoms with Crippen molar-refractivity contribution in [1.82, 2.24) is 4.98 Å². The number of nitrogens with one attached hydrogen (secondary N) is 1. The van der Waals surface area contributed by atoms with Gasteiger partial charge in [0.25, 0.3) is 0 Å². The van der Waals surface area contributed by atoms with Crippen molar-refractivity contribution in [2.24, 2.45) is 15.9 Å². The zero-order valence-electron chi connectivity index (χ0n) is 16.6. The monoisotopic (exact) mass is 427 g/mol. The SMILES string of the molecule is Cc1cc(NCC(C=Nc2ccc(Oc3ccccc3)cc2)=NN)cc(C(F)(F)F)n1. The minimum atomic E-state index is -4.52. The number of anilines is 1. The minimum absolute atomic E-state index is 0.0932. The second-order valence-corrected chi connectivity index (χ2v) is 6.52. The molecule has 0 spiro atoms. The maximum Gasteiger partial charge on any atom is 0.433 e. The Bertz CT molecular complexity index is 1060. The highest BCUT2D eigenvalue weighted by atomic mass is 19.4. The molecule has 0 aliphatic heterocycles. The van der Waals surface area contributed by atoms with Crippen molar-refractivity contribution < 1.29 is 17.9 Å². The van der Waals surface area contributed by atoms with Crippen LogP contribution in [0.2, 0.25) is 0 Å².